The van der Waals surface area contributed by atoms with E-state index >= 15 is 0 Å². The van der Waals surface area contributed by atoms with Gasteiger partial charge >= 0.3 is 0 Å². The first-order valence-electron chi connectivity index (χ1n) is 8.16. The molecule has 0 saturated carbocycles. The lowest BCUT2D eigenvalue weighted by molar-refractivity contribution is 0.260. The number of rotatable bonds is 3. The van der Waals surface area contributed by atoms with Crippen LogP contribution >= 0.6 is 0 Å². The van der Waals surface area contributed by atoms with Crippen molar-refractivity contribution in [2.24, 2.45) is 0 Å². The topological polar surface area (TPSA) is 61.3 Å². The van der Waals surface area contributed by atoms with E-state index in [2.05, 4.69) is 33.4 Å². The van der Waals surface area contributed by atoms with Crippen molar-refractivity contribution in [3.05, 3.63) is 35.4 Å². The number of hydrogen-bond acceptors (Lipinski definition) is 5. The number of anilines is 1. The average Bonchev–Trinajstić information content (AvgIpc) is 2.55. The second kappa shape index (κ2) is 6.90. The summed E-state index contributed by atoms with van der Waals surface area (Å²) >= 11 is 0. The van der Waals surface area contributed by atoms with Crippen molar-refractivity contribution in [1.82, 2.24) is 15.1 Å². The molecule has 2 heterocycles. The number of aromatic hydroxyl groups is 1. The Bertz CT molecular complexity index is 741. The molecule has 0 unspecified atom stereocenters. The molecule has 124 valence electrons. The normalized spacial score (nSPS) is 18.1. The Labute approximate surface area is 142 Å². The molecule has 1 fully saturated rings. The van der Waals surface area contributed by atoms with Gasteiger partial charge in [0.25, 0.3) is 0 Å². The van der Waals surface area contributed by atoms with E-state index in [4.69, 9.17) is 6.42 Å². The van der Waals surface area contributed by atoms with Gasteiger partial charge in [0.2, 0.25) is 0 Å². The van der Waals surface area contributed by atoms with E-state index in [1.165, 1.54) is 6.42 Å². The van der Waals surface area contributed by atoms with E-state index in [9.17, 15) is 5.11 Å². The van der Waals surface area contributed by atoms with Crippen LogP contribution in [0.25, 0.3) is 11.3 Å². The van der Waals surface area contributed by atoms with Gasteiger partial charge in [0.15, 0.2) is 0 Å². The summed E-state index contributed by atoms with van der Waals surface area (Å²) < 4.78 is 0. The third-order valence-electron chi connectivity index (χ3n) is 4.38. The molecule has 0 amide bonds. The van der Waals surface area contributed by atoms with Crippen molar-refractivity contribution in [1.29, 1.82) is 0 Å². The standard InChI is InChI=1S/C19H22N4O/c1-4-14-10-13(2)19(17(24)11-14)16-7-8-18(22-21-16)20-15-6-5-9-23(3)12-15/h1,7-8,10-11,15,24H,5-6,9,12H2,2-3H3,(H,20,22)/t15-/m1/s1. The van der Waals surface area contributed by atoms with Gasteiger partial charge in [-0.15, -0.1) is 16.6 Å². The molecular formula is C19H22N4O. The minimum absolute atomic E-state index is 0.131. The summed E-state index contributed by atoms with van der Waals surface area (Å²) in [5, 5.41) is 22.2. The number of benzene rings is 1. The summed E-state index contributed by atoms with van der Waals surface area (Å²) in [6.07, 6.45) is 7.72. The number of terminal acetylenes is 1. The summed E-state index contributed by atoms with van der Waals surface area (Å²) in [6, 6.07) is 7.62. The number of aryl methyl sites for hydroxylation is 1. The van der Waals surface area contributed by atoms with E-state index in [-0.39, 0.29) is 5.75 Å². The summed E-state index contributed by atoms with van der Waals surface area (Å²) in [5.74, 6) is 3.43. The number of nitrogens with zero attached hydrogens (tertiary/aromatic N) is 3. The lowest BCUT2D eigenvalue weighted by atomic mass is 10.0. The fourth-order valence-electron chi connectivity index (χ4n) is 3.22. The van der Waals surface area contributed by atoms with E-state index in [1.54, 1.807) is 6.07 Å². The van der Waals surface area contributed by atoms with Gasteiger partial charge in [-0.1, -0.05) is 5.92 Å². The molecule has 0 spiro atoms. The van der Waals surface area contributed by atoms with Crippen LogP contribution in [0.15, 0.2) is 24.3 Å². The van der Waals surface area contributed by atoms with Gasteiger partial charge in [0.05, 0.1) is 5.69 Å². The van der Waals surface area contributed by atoms with E-state index in [0.717, 1.165) is 30.9 Å². The van der Waals surface area contributed by atoms with Crippen molar-refractivity contribution >= 4 is 5.82 Å². The Morgan fingerprint density at radius 1 is 1.33 bits per heavy atom. The van der Waals surface area contributed by atoms with Gasteiger partial charge in [-0.3, -0.25) is 0 Å². The molecule has 3 rings (SSSR count). The van der Waals surface area contributed by atoms with Crippen molar-refractivity contribution in [3.63, 3.8) is 0 Å². The molecule has 1 aliphatic rings. The molecule has 2 N–H and O–H groups in total. The molecule has 0 bridgehead atoms. The predicted octanol–water partition coefficient (Wildman–Crippen LogP) is 2.65. The van der Waals surface area contributed by atoms with Crippen molar-refractivity contribution in [2.75, 3.05) is 25.5 Å². The Morgan fingerprint density at radius 2 is 2.17 bits per heavy atom. The highest BCUT2D eigenvalue weighted by Crippen LogP contribution is 2.32. The molecular weight excluding hydrogens is 300 g/mol. The van der Waals surface area contributed by atoms with Crippen LogP contribution < -0.4 is 5.32 Å². The number of phenols is 1. The molecule has 1 aliphatic heterocycles. The summed E-state index contributed by atoms with van der Waals surface area (Å²) in [6.45, 7) is 4.06. The zero-order chi connectivity index (χ0) is 17.1. The Hall–Kier alpha value is -2.58. The van der Waals surface area contributed by atoms with Gasteiger partial charge in [-0.25, -0.2) is 0 Å². The maximum Gasteiger partial charge on any atom is 0.148 e. The molecule has 5 nitrogen and oxygen atoms in total. The summed E-state index contributed by atoms with van der Waals surface area (Å²) in [4.78, 5) is 2.32. The molecule has 24 heavy (non-hydrogen) atoms. The van der Waals surface area contributed by atoms with E-state index in [1.807, 2.05) is 25.1 Å². The van der Waals surface area contributed by atoms with Crippen LogP contribution in [0, 0.1) is 19.3 Å². The zero-order valence-corrected chi connectivity index (χ0v) is 14.1. The highest BCUT2D eigenvalue weighted by atomic mass is 16.3. The third kappa shape index (κ3) is 3.50. The first-order chi connectivity index (χ1) is 11.6. The Morgan fingerprint density at radius 3 is 2.79 bits per heavy atom. The number of phenolic OH excluding ortho intramolecular Hbond substituents is 1. The number of likely N-dealkylation sites (N-methyl/N-ethyl adjacent to an activating group) is 1. The smallest absolute Gasteiger partial charge is 0.148 e. The average molecular weight is 322 g/mol. The Balaban J connectivity index is 1.79. The van der Waals surface area contributed by atoms with E-state index in [0.29, 0.717) is 22.9 Å². The number of aromatic nitrogens is 2. The van der Waals surface area contributed by atoms with Crippen LogP contribution in [0.4, 0.5) is 5.82 Å². The molecule has 2 aromatic rings. The Kier molecular flexibility index (Phi) is 4.68. The zero-order valence-electron chi connectivity index (χ0n) is 14.1. The van der Waals surface area contributed by atoms with Crippen molar-refractivity contribution in [3.8, 4) is 29.4 Å². The number of hydrogen-bond donors (Lipinski definition) is 2. The lowest BCUT2D eigenvalue weighted by Crippen LogP contribution is -2.39. The van der Waals surface area contributed by atoms with Crippen LogP contribution in [0.2, 0.25) is 0 Å². The first kappa shape index (κ1) is 16.3. The maximum absolute atomic E-state index is 10.2. The molecule has 1 saturated heterocycles. The minimum Gasteiger partial charge on any atom is -0.507 e. The highest BCUT2D eigenvalue weighted by molar-refractivity contribution is 5.72. The van der Waals surface area contributed by atoms with Crippen LogP contribution in [-0.4, -0.2) is 46.4 Å². The number of nitrogens with one attached hydrogen (secondary N) is 1. The monoisotopic (exact) mass is 322 g/mol. The minimum atomic E-state index is 0.131. The van der Waals surface area contributed by atoms with E-state index < -0.39 is 0 Å². The number of piperidine rings is 1. The maximum atomic E-state index is 10.2. The van der Waals surface area contributed by atoms with Crippen LogP contribution in [0.5, 0.6) is 5.75 Å². The molecule has 0 radical (unpaired) electrons. The van der Waals surface area contributed by atoms with Crippen molar-refractivity contribution < 1.29 is 5.11 Å². The second-order valence-corrected chi connectivity index (χ2v) is 6.38. The highest BCUT2D eigenvalue weighted by Gasteiger charge is 2.17. The van der Waals surface area contributed by atoms with Crippen molar-refractivity contribution in [2.45, 2.75) is 25.8 Å². The van der Waals surface area contributed by atoms with Crippen LogP contribution in [0.3, 0.4) is 0 Å². The van der Waals surface area contributed by atoms with Crippen LogP contribution in [-0.2, 0) is 0 Å². The summed E-state index contributed by atoms with van der Waals surface area (Å²) in [5.41, 5.74) is 2.85. The first-order valence-corrected chi connectivity index (χ1v) is 8.16. The fourth-order valence-corrected chi connectivity index (χ4v) is 3.22. The summed E-state index contributed by atoms with van der Waals surface area (Å²) in [7, 11) is 2.13. The fraction of sp³-hybridized carbons (Fsp3) is 0.368. The van der Waals surface area contributed by atoms with Gasteiger partial charge in [0, 0.05) is 23.7 Å². The lowest BCUT2D eigenvalue weighted by Gasteiger charge is -2.30. The SMILES string of the molecule is C#Cc1cc(C)c(-c2ccc(N[C@@H]3CCCN(C)C3)nn2)c(O)c1. The molecule has 1 aromatic heterocycles. The molecule has 0 aliphatic carbocycles. The van der Waals surface area contributed by atoms with Gasteiger partial charge < -0.3 is 15.3 Å². The quantitative estimate of drug-likeness (QED) is 0.851. The number of likely N-dealkylation sites (tertiary alicyclic amines) is 1. The predicted molar refractivity (Wildman–Crippen MR) is 95.9 cm³/mol. The molecule has 1 atom stereocenters. The third-order valence-corrected chi connectivity index (χ3v) is 4.38. The molecule has 5 heteroatoms. The van der Waals surface area contributed by atoms with Gasteiger partial charge in [0.1, 0.15) is 11.6 Å². The second-order valence-electron chi connectivity index (χ2n) is 6.38. The molecule has 1 aromatic carbocycles. The largest absolute Gasteiger partial charge is 0.507 e. The van der Waals surface area contributed by atoms with Gasteiger partial charge in [-0.2, -0.15) is 0 Å². The van der Waals surface area contributed by atoms with Gasteiger partial charge in [-0.05, 0) is 63.2 Å². The van der Waals surface area contributed by atoms with Crippen LogP contribution in [0.1, 0.15) is 24.0 Å².